The number of fused-ring (bicyclic) bond motifs is 5. The van der Waals surface area contributed by atoms with Crippen molar-refractivity contribution in [2.24, 2.45) is 34.5 Å². The molecule has 0 bridgehead atoms. The molecule has 1 heterocycles. The smallest absolute Gasteiger partial charge is 0.307 e. The second kappa shape index (κ2) is 9.13. The van der Waals surface area contributed by atoms with Gasteiger partial charge in [0.25, 0.3) is 0 Å². The van der Waals surface area contributed by atoms with Crippen molar-refractivity contribution >= 4 is 11.8 Å². The van der Waals surface area contributed by atoms with Crippen LogP contribution in [-0.4, -0.2) is 42.4 Å². The monoisotopic (exact) mass is 455 g/mol. The van der Waals surface area contributed by atoms with Gasteiger partial charge in [0.05, 0.1) is 6.42 Å². The quantitative estimate of drug-likeness (QED) is 0.481. The van der Waals surface area contributed by atoms with Crippen molar-refractivity contribution in [2.45, 2.75) is 104 Å². The normalized spacial score (nSPS) is 43.1. The molecule has 7 atom stereocenters. The summed E-state index contributed by atoms with van der Waals surface area (Å²) in [6, 6.07) is 0. The summed E-state index contributed by atoms with van der Waals surface area (Å²) < 4.78 is 6.03. The zero-order valence-corrected chi connectivity index (χ0v) is 21.2. The molecule has 5 aliphatic rings. The molecule has 4 nitrogen and oxygen atoms in total. The molecule has 1 aliphatic heterocycles. The first kappa shape index (κ1) is 23.6. The third kappa shape index (κ3) is 4.23. The summed E-state index contributed by atoms with van der Waals surface area (Å²) in [6.07, 6.45) is 16.2. The minimum atomic E-state index is 0.0186. The molecule has 4 fully saturated rings. The van der Waals surface area contributed by atoms with E-state index in [0.29, 0.717) is 29.5 Å². The van der Waals surface area contributed by atoms with E-state index in [1.807, 2.05) is 0 Å². The number of ketones is 1. The van der Waals surface area contributed by atoms with Crippen LogP contribution < -0.4 is 0 Å². The minimum Gasteiger partial charge on any atom is -0.462 e. The first-order valence-corrected chi connectivity index (χ1v) is 13.9. The Morgan fingerprint density at radius 3 is 2.58 bits per heavy atom. The van der Waals surface area contributed by atoms with Crippen LogP contribution in [0.4, 0.5) is 0 Å². The summed E-state index contributed by atoms with van der Waals surface area (Å²) in [6.45, 7) is 9.85. The van der Waals surface area contributed by atoms with Crippen LogP contribution in [0.15, 0.2) is 11.6 Å². The Balaban J connectivity index is 1.18. The maximum Gasteiger partial charge on any atom is 0.307 e. The van der Waals surface area contributed by atoms with Crippen molar-refractivity contribution in [3.63, 3.8) is 0 Å². The number of hydrogen-bond acceptors (Lipinski definition) is 4. The molecule has 0 amide bonds. The topological polar surface area (TPSA) is 46.6 Å². The van der Waals surface area contributed by atoms with Crippen molar-refractivity contribution < 1.29 is 14.3 Å². The fraction of sp³-hybridized carbons (Fsp3) is 0.862. The second-order valence-corrected chi connectivity index (χ2v) is 12.6. The van der Waals surface area contributed by atoms with Gasteiger partial charge in [-0.25, -0.2) is 0 Å². The Hall–Kier alpha value is -1.16. The summed E-state index contributed by atoms with van der Waals surface area (Å²) in [5.41, 5.74) is 1.61. The molecule has 0 aromatic carbocycles. The van der Waals surface area contributed by atoms with E-state index < -0.39 is 0 Å². The summed E-state index contributed by atoms with van der Waals surface area (Å²) in [5, 5.41) is 0. The molecule has 4 heteroatoms. The predicted octanol–water partition coefficient (Wildman–Crippen LogP) is 5.94. The molecule has 3 saturated carbocycles. The highest BCUT2D eigenvalue weighted by molar-refractivity contribution is 5.95. The van der Waals surface area contributed by atoms with Gasteiger partial charge in [-0.1, -0.05) is 26.3 Å². The average molecular weight is 456 g/mol. The number of carbonyl (C=O) groups excluding carboxylic acids is 2. The standard InChI is InChI=1S/C29H45NO3/c1-20(31)24-9-10-25-23-8-7-21-19-22(33-27(32)13-18-30-16-5-4-6-17-30)11-14-28(21,2)26(23)12-15-29(24,25)3/h9,21-23,25-26H,4-8,10-19H2,1-3H3/t21-,22+,23-,25-,26-,28-,29+/m0/s1. The van der Waals surface area contributed by atoms with Crippen LogP contribution in [-0.2, 0) is 14.3 Å². The molecule has 33 heavy (non-hydrogen) atoms. The molecule has 0 N–H and O–H groups in total. The molecule has 0 radical (unpaired) electrons. The van der Waals surface area contributed by atoms with Gasteiger partial charge in [-0.05, 0) is 124 Å². The SMILES string of the molecule is CC(=O)C1=CC[C@H]2[C@@H]3CC[C@H]4C[C@H](OC(=O)CCN5CCCCC5)CC[C@]4(C)[C@H]3CC[C@]12C. The second-order valence-electron chi connectivity index (χ2n) is 12.6. The van der Waals surface area contributed by atoms with Gasteiger partial charge in [-0.2, -0.15) is 0 Å². The summed E-state index contributed by atoms with van der Waals surface area (Å²) >= 11 is 0. The molecule has 5 rings (SSSR count). The number of hydrogen-bond donors (Lipinski definition) is 0. The van der Waals surface area contributed by atoms with Gasteiger partial charge < -0.3 is 9.64 Å². The van der Waals surface area contributed by atoms with Gasteiger partial charge in [0.1, 0.15) is 6.10 Å². The van der Waals surface area contributed by atoms with Gasteiger partial charge in [0.15, 0.2) is 5.78 Å². The first-order valence-electron chi connectivity index (χ1n) is 13.9. The Morgan fingerprint density at radius 2 is 1.82 bits per heavy atom. The van der Waals surface area contributed by atoms with Crippen LogP contribution >= 0.6 is 0 Å². The molecule has 0 unspecified atom stereocenters. The van der Waals surface area contributed by atoms with Crippen molar-refractivity contribution in [2.75, 3.05) is 19.6 Å². The van der Waals surface area contributed by atoms with Crippen LogP contribution in [0.3, 0.4) is 0 Å². The third-order valence-corrected chi connectivity index (χ3v) is 11.0. The molecule has 1 saturated heterocycles. The number of likely N-dealkylation sites (tertiary alicyclic amines) is 1. The van der Waals surface area contributed by atoms with E-state index >= 15 is 0 Å². The largest absolute Gasteiger partial charge is 0.462 e. The fourth-order valence-corrected chi connectivity index (χ4v) is 9.12. The lowest BCUT2D eigenvalue weighted by molar-refractivity contribution is -0.161. The van der Waals surface area contributed by atoms with Crippen LogP contribution in [0.25, 0.3) is 0 Å². The van der Waals surface area contributed by atoms with Gasteiger partial charge in [0.2, 0.25) is 0 Å². The Morgan fingerprint density at radius 1 is 1.03 bits per heavy atom. The van der Waals surface area contributed by atoms with Crippen LogP contribution in [0.2, 0.25) is 0 Å². The van der Waals surface area contributed by atoms with E-state index in [2.05, 4.69) is 24.8 Å². The number of allylic oxidation sites excluding steroid dienone is 2. The zero-order valence-electron chi connectivity index (χ0n) is 21.2. The number of piperidine rings is 1. The number of Topliss-reactive ketones (excluding diaryl/α,β-unsaturated/α-hetero) is 1. The zero-order chi connectivity index (χ0) is 23.2. The van der Waals surface area contributed by atoms with Gasteiger partial charge in [-0.3, -0.25) is 9.59 Å². The predicted molar refractivity (Wildman–Crippen MR) is 131 cm³/mol. The average Bonchev–Trinajstić information content (AvgIpc) is 3.16. The van der Waals surface area contributed by atoms with E-state index in [9.17, 15) is 9.59 Å². The Kier molecular flexibility index (Phi) is 6.52. The highest BCUT2D eigenvalue weighted by atomic mass is 16.5. The fourth-order valence-electron chi connectivity index (χ4n) is 9.12. The lowest BCUT2D eigenvalue weighted by Crippen LogP contribution is -2.54. The maximum absolute atomic E-state index is 12.6. The lowest BCUT2D eigenvalue weighted by Gasteiger charge is -2.60. The summed E-state index contributed by atoms with van der Waals surface area (Å²) in [7, 11) is 0. The maximum atomic E-state index is 12.6. The molecular formula is C29H45NO3. The molecule has 0 aromatic heterocycles. The van der Waals surface area contributed by atoms with E-state index in [1.165, 1.54) is 51.4 Å². The number of nitrogens with zero attached hydrogens (tertiary/aromatic N) is 1. The van der Waals surface area contributed by atoms with Gasteiger partial charge in [-0.15, -0.1) is 0 Å². The Labute approximate surface area is 200 Å². The van der Waals surface area contributed by atoms with E-state index in [0.717, 1.165) is 56.3 Å². The minimum absolute atomic E-state index is 0.0186. The van der Waals surface area contributed by atoms with E-state index in [1.54, 1.807) is 6.92 Å². The summed E-state index contributed by atoms with van der Waals surface area (Å²) in [5.74, 6) is 3.16. The van der Waals surface area contributed by atoms with Gasteiger partial charge >= 0.3 is 5.97 Å². The highest BCUT2D eigenvalue weighted by Gasteiger charge is 2.59. The third-order valence-electron chi connectivity index (χ3n) is 11.0. The first-order chi connectivity index (χ1) is 15.8. The number of carbonyl (C=O) groups is 2. The van der Waals surface area contributed by atoms with Crippen molar-refractivity contribution in [3.05, 3.63) is 11.6 Å². The molecule has 4 aliphatic carbocycles. The number of rotatable bonds is 5. The highest BCUT2D eigenvalue weighted by Crippen LogP contribution is 2.66. The lowest BCUT2D eigenvalue weighted by atomic mass is 9.44. The summed E-state index contributed by atoms with van der Waals surface area (Å²) in [4.78, 5) is 27.3. The van der Waals surface area contributed by atoms with Crippen LogP contribution in [0.5, 0.6) is 0 Å². The van der Waals surface area contributed by atoms with Crippen molar-refractivity contribution in [1.29, 1.82) is 0 Å². The van der Waals surface area contributed by atoms with Crippen LogP contribution in [0, 0.1) is 34.5 Å². The molecular weight excluding hydrogens is 410 g/mol. The molecule has 184 valence electrons. The molecule has 0 spiro atoms. The van der Waals surface area contributed by atoms with Crippen molar-refractivity contribution in [3.8, 4) is 0 Å². The van der Waals surface area contributed by atoms with Crippen LogP contribution in [0.1, 0.15) is 97.8 Å². The Bertz CT molecular complexity index is 799. The molecule has 0 aromatic rings. The van der Waals surface area contributed by atoms with Crippen molar-refractivity contribution in [1.82, 2.24) is 4.90 Å². The van der Waals surface area contributed by atoms with E-state index in [-0.39, 0.29) is 17.5 Å². The van der Waals surface area contributed by atoms with Gasteiger partial charge in [0, 0.05) is 6.54 Å². The number of ether oxygens (including phenoxy) is 1. The van der Waals surface area contributed by atoms with E-state index in [4.69, 9.17) is 4.74 Å². The number of esters is 1.